The Hall–Kier alpha value is -4.12. The van der Waals surface area contributed by atoms with Crippen molar-refractivity contribution in [1.29, 1.82) is 0 Å². The molecular weight excluding hydrogens is 489 g/mol. The van der Waals surface area contributed by atoms with Crippen LogP contribution in [0.4, 0.5) is 19.0 Å². The number of anilines is 1. The fourth-order valence-corrected chi connectivity index (χ4v) is 4.19. The highest BCUT2D eigenvalue weighted by Crippen LogP contribution is 2.41. The second kappa shape index (κ2) is 10.1. The maximum Gasteiger partial charge on any atom is 0.573 e. The third-order valence-electron chi connectivity index (χ3n) is 6.07. The van der Waals surface area contributed by atoms with Crippen molar-refractivity contribution in [3.8, 4) is 5.75 Å². The minimum Gasteiger partial charge on any atom is -0.406 e. The number of carbonyl (C=O) groups is 3. The molecule has 4 rings (SSSR count). The Kier molecular flexibility index (Phi) is 7.08. The molecule has 0 aliphatic carbocycles. The van der Waals surface area contributed by atoms with Gasteiger partial charge in [-0.1, -0.05) is 50.2 Å². The van der Waals surface area contributed by atoms with Crippen LogP contribution in [0.2, 0.25) is 0 Å². The number of ether oxygens (including phenoxy) is 1. The first-order valence-electron chi connectivity index (χ1n) is 11.4. The Morgan fingerprint density at radius 3 is 2.16 bits per heavy atom. The zero-order valence-corrected chi connectivity index (χ0v) is 19.9. The fourth-order valence-electron chi connectivity index (χ4n) is 4.19. The lowest BCUT2D eigenvalue weighted by molar-refractivity contribution is -0.274. The van der Waals surface area contributed by atoms with Crippen LogP contribution in [0.5, 0.6) is 5.75 Å². The van der Waals surface area contributed by atoms with E-state index in [1.54, 1.807) is 24.3 Å². The average Bonchev–Trinajstić information content (AvgIpc) is 3.13. The summed E-state index contributed by atoms with van der Waals surface area (Å²) in [6.07, 6.45) is -4.90. The van der Waals surface area contributed by atoms with Crippen molar-refractivity contribution < 1.29 is 32.3 Å². The Balaban J connectivity index is 1.78. The van der Waals surface area contributed by atoms with Crippen molar-refractivity contribution in [2.45, 2.75) is 38.7 Å². The molecule has 1 aromatic heterocycles. The zero-order valence-electron chi connectivity index (χ0n) is 19.9. The van der Waals surface area contributed by atoms with E-state index >= 15 is 0 Å². The highest BCUT2D eigenvalue weighted by molar-refractivity contribution is 6.48. The summed E-state index contributed by atoms with van der Waals surface area (Å²) in [7, 11) is 0. The minimum absolute atomic E-state index is 0.00150. The summed E-state index contributed by atoms with van der Waals surface area (Å²) >= 11 is 0. The van der Waals surface area contributed by atoms with E-state index < -0.39 is 41.5 Å². The summed E-state index contributed by atoms with van der Waals surface area (Å²) in [6.45, 7) is 4.08. The SMILES string of the molecule is CC(C)c1ccc(C(=O)C2C(=O)C(=O)N(c3ccc(CN)nn3)[C@H]2c2ccc(OC(F)(F)F)cc2)cc1. The molecule has 0 spiro atoms. The van der Waals surface area contributed by atoms with E-state index in [0.717, 1.165) is 22.6 Å². The Morgan fingerprint density at radius 1 is 1.00 bits per heavy atom. The lowest BCUT2D eigenvalue weighted by atomic mass is 9.86. The molecule has 0 saturated carbocycles. The average molecular weight is 512 g/mol. The number of carbonyl (C=O) groups excluding carboxylic acids is 3. The van der Waals surface area contributed by atoms with Gasteiger partial charge in [0.15, 0.2) is 11.6 Å². The molecule has 11 heteroatoms. The first-order valence-corrected chi connectivity index (χ1v) is 11.4. The summed E-state index contributed by atoms with van der Waals surface area (Å²) < 4.78 is 41.8. The molecule has 1 amide bonds. The van der Waals surface area contributed by atoms with Crippen molar-refractivity contribution in [1.82, 2.24) is 10.2 Å². The maximum absolute atomic E-state index is 13.6. The van der Waals surface area contributed by atoms with Crippen LogP contribution in [0, 0.1) is 5.92 Å². The van der Waals surface area contributed by atoms with Crippen molar-refractivity contribution >= 4 is 23.3 Å². The number of benzene rings is 2. The topological polar surface area (TPSA) is 115 Å². The first kappa shape index (κ1) is 26.0. The van der Waals surface area contributed by atoms with E-state index in [0.29, 0.717) is 5.69 Å². The van der Waals surface area contributed by atoms with Gasteiger partial charge >= 0.3 is 6.36 Å². The number of halogens is 3. The molecule has 37 heavy (non-hydrogen) atoms. The van der Waals surface area contributed by atoms with E-state index in [9.17, 15) is 27.6 Å². The molecule has 1 saturated heterocycles. The van der Waals surface area contributed by atoms with Gasteiger partial charge in [-0.15, -0.1) is 18.3 Å². The van der Waals surface area contributed by atoms with Crippen molar-refractivity contribution in [2.75, 3.05) is 4.90 Å². The van der Waals surface area contributed by atoms with Gasteiger partial charge < -0.3 is 10.5 Å². The number of Topliss-reactive ketones (excluding diaryl/α,β-unsaturated/α-hetero) is 2. The number of nitrogens with zero attached hydrogens (tertiary/aromatic N) is 3. The van der Waals surface area contributed by atoms with Crippen LogP contribution in [-0.2, 0) is 16.1 Å². The maximum atomic E-state index is 13.6. The number of nitrogens with two attached hydrogens (primary N) is 1. The van der Waals surface area contributed by atoms with Gasteiger partial charge in [0.05, 0.1) is 11.7 Å². The molecule has 192 valence electrons. The van der Waals surface area contributed by atoms with Gasteiger partial charge in [-0.3, -0.25) is 19.3 Å². The van der Waals surface area contributed by atoms with Gasteiger partial charge in [-0.05, 0) is 41.3 Å². The Morgan fingerprint density at radius 2 is 1.65 bits per heavy atom. The molecule has 1 aliphatic heterocycles. The number of rotatable bonds is 7. The molecule has 1 fully saturated rings. The van der Waals surface area contributed by atoms with Crippen LogP contribution in [0.15, 0.2) is 60.7 Å². The number of ketones is 2. The zero-order chi connectivity index (χ0) is 26.9. The lowest BCUT2D eigenvalue weighted by Crippen LogP contribution is -2.31. The summed E-state index contributed by atoms with van der Waals surface area (Å²) in [5.74, 6) is -4.25. The number of alkyl halides is 3. The molecule has 0 bridgehead atoms. The fraction of sp³-hybridized carbons (Fsp3) is 0.269. The number of hydrogen-bond donors (Lipinski definition) is 1. The van der Waals surface area contributed by atoms with E-state index in [1.807, 2.05) is 13.8 Å². The van der Waals surface area contributed by atoms with Gasteiger partial charge in [-0.2, -0.15) is 5.10 Å². The normalized spacial score (nSPS) is 18.0. The molecule has 1 unspecified atom stereocenters. The third-order valence-corrected chi connectivity index (χ3v) is 6.07. The van der Waals surface area contributed by atoms with Crippen LogP contribution in [0.1, 0.15) is 53.0 Å². The van der Waals surface area contributed by atoms with Crippen LogP contribution in [0.25, 0.3) is 0 Å². The quantitative estimate of drug-likeness (QED) is 0.288. The molecule has 2 atom stereocenters. The monoisotopic (exact) mass is 512 g/mol. The molecule has 0 radical (unpaired) electrons. The largest absolute Gasteiger partial charge is 0.573 e. The molecule has 2 N–H and O–H groups in total. The van der Waals surface area contributed by atoms with Crippen molar-refractivity contribution in [3.63, 3.8) is 0 Å². The van der Waals surface area contributed by atoms with E-state index in [1.165, 1.54) is 24.3 Å². The van der Waals surface area contributed by atoms with E-state index in [4.69, 9.17) is 5.73 Å². The van der Waals surface area contributed by atoms with Gasteiger partial charge in [0.1, 0.15) is 11.7 Å². The van der Waals surface area contributed by atoms with Crippen LogP contribution in [0.3, 0.4) is 0 Å². The van der Waals surface area contributed by atoms with Gasteiger partial charge in [0, 0.05) is 12.1 Å². The summed E-state index contributed by atoms with van der Waals surface area (Å²) in [4.78, 5) is 40.9. The summed E-state index contributed by atoms with van der Waals surface area (Å²) in [5, 5.41) is 7.92. The van der Waals surface area contributed by atoms with Gasteiger partial charge in [-0.25, -0.2) is 0 Å². The van der Waals surface area contributed by atoms with Gasteiger partial charge in [0.2, 0.25) is 5.78 Å². The molecule has 2 aromatic carbocycles. The van der Waals surface area contributed by atoms with E-state index in [2.05, 4.69) is 14.9 Å². The first-order chi connectivity index (χ1) is 17.5. The molecule has 1 aliphatic rings. The standard InChI is InChI=1S/C26H23F3N4O4/c1-14(2)15-3-5-17(6-4-15)23(34)21-22(16-7-10-19(11-8-16)37-26(27,28)29)33(25(36)24(21)35)20-12-9-18(13-30)31-32-20/h3-12,14,21-22H,13,30H2,1-2H3/t21?,22-/m0/s1. The lowest BCUT2D eigenvalue weighted by Gasteiger charge is -2.26. The summed E-state index contributed by atoms with van der Waals surface area (Å²) in [5.41, 5.74) is 7.45. The highest BCUT2D eigenvalue weighted by atomic mass is 19.4. The van der Waals surface area contributed by atoms with Crippen molar-refractivity contribution in [2.24, 2.45) is 11.7 Å². The number of aromatic nitrogens is 2. The van der Waals surface area contributed by atoms with Crippen LogP contribution < -0.4 is 15.4 Å². The number of amides is 1. The molecule has 8 nitrogen and oxygen atoms in total. The molecule has 2 heterocycles. The third kappa shape index (κ3) is 5.36. The van der Waals surface area contributed by atoms with Crippen LogP contribution in [-0.4, -0.2) is 34.0 Å². The van der Waals surface area contributed by atoms with Crippen molar-refractivity contribution in [3.05, 3.63) is 83.0 Å². The predicted octanol–water partition coefficient (Wildman–Crippen LogP) is 4.11. The summed E-state index contributed by atoms with van der Waals surface area (Å²) in [6, 6.07) is 13.2. The minimum atomic E-state index is -4.90. The van der Waals surface area contributed by atoms with Gasteiger partial charge in [0.25, 0.3) is 5.91 Å². The van der Waals surface area contributed by atoms with Crippen LogP contribution >= 0.6 is 0 Å². The molecular formula is C26H23F3N4O4. The second-order valence-electron chi connectivity index (χ2n) is 8.81. The highest BCUT2D eigenvalue weighted by Gasteiger charge is 2.53. The Bertz CT molecular complexity index is 1310. The second-order valence-corrected chi connectivity index (χ2v) is 8.81. The molecule has 3 aromatic rings. The Labute approximate surface area is 210 Å². The van der Waals surface area contributed by atoms with E-state index in [-0.39, 0.29) is 29.4 Å². The number of hydrogen-bond acceptors (Lipinski definition) is 7. The predicted molar refractivity (Wildman–Crippen MR) is 127 cm³/mol. The smallest absolute Gasteiger partial charge is 0.406 e.